The Morgan fingerprint density at radius 3 is 1.86 bits per heavy atom. The molecule has 1 aliphatic heterocycles. The molecule has 1 fully saturated rings. The molecule has 0 spiro atoms. The number of hydrogen-bond acceptors (Lipinski definition) is 2. The Morgan fingerprint density at radius 1 is 0.810 bits per heavy atom. The molecule has 3 heteroatoms. The number of carbonyl (C=O) groups is 1. The molecule has 21 heavy (non-hydrogen) atoms. The number of piperazine rings is 1. The average molecular weight is 299 g/mol. The topological polar surface area (TPSA) is 23.6 Å². The van der Waals surface area contributed by atoms with Gasteiger partial charge in [-0.1, -0.05) is 66.2 Å². The van der Waals surface area contributed by atoms with Gasteiger partial charge in [0.05, 0.1) is 0 Å². The lowest BCUT2D eigenvalue weighted by atomic mass is 10.1. The Hall–Kier alpha value is -0.570. The highest BCUT2D eigenvalue weighted by Gasteiger charge is 2.18. The molecule has 0 unspecified atom stereocenters. The predicted octanol–water partition coefficient (Wildman–Crippen LogP) is 4.32. The summed E-state index contributed by atoms with van der Waals surface area (Å²) in [7, 11) is 0. The minimum Gasteiger partial charge on any atom is -0.340 e. The van der Waals surface area contributed by atoms with Crippen LogP contribution in [0.5, 0.6) is 0 Å². The van der Waals surface area contributed by atoms with Gasteiger partial charge < -0.3 is 4.90 Å². The van der Waals surface area contributed by atoms with E-state index < -0.39 is 0 Å². The first-order valence-electron chi connectivity index (χ1n) is 9.28. The standard InChI is InChI=1S/C16H32N2O.C2H6/c1-3-5-6-7-8-9-10-11-17-12-14-18(15-13-17)16(19)4-2;1-2/h3-15H2,1-2H3;1-2H3. The van der Waals surface area contributed by atoms with Crippen LogP contribution in [0.25, 0.3) is 0 Å². The SMILES string of the molecule is CC.CCCCCCCCCN1CCN(C(=O)CC)CC1. The first-order valence-corrected chi connectivity index (χ1v) is 9.28. The van der Waals surface area contributed by atoms with E-state index in [0.717, 1.165) is 26.2 Å². The molecule has 1 rings (SSSR count). The summed E-state index contributed by atoms with van der Waals surface area (Å²) in [5.41, 5.74) is 0. The van der Waals surface area contributed by atoms with Crippen LogP contribution in [0.15, 0.2) is 0 Å². The van der Waals surface area contributed by atoms with Crippen molar-refractivity contribution in [1.29, 1.82) is 0 Å². The van der Waals surface area contributed by atoms with Gasteiger partial charge in [0, 0.05) is 32.6 Å². The normalized spacial score (nSPS) is 15.5. The second-order valence-corrected chi connectivity index (χ2v) is 5.70. The molecule has 0 saturated carbocycles. The molecular formula is C18H38N2O. The largest absolute Gasteiger partial charge is 0.340 e. The second kappa shape index (κ2) is 14.4. The summed E-state index contributed by atoms with van der Waals surface area (Å²) in [6.45, 7) is 13.5. The molecule has 126 valence electrons. The minimum absolute atomic E-state index is 0.315. The second-order valence-electron chi connectivity index (χ2n) is 5.70. The van der Waals surface area contributed by atoms with Gasteiger partial charge in [-0.3, -0.25) is 9.69 Å². The molecule has 0 radical (unpaired) electrons. The van der Waals surface area contributed by atoms with E-state index in [-0.39, 0.29) is 0 Å². The molecule has 1 amide bonds. The third-order valence-corrected chi connectivity index (χ3v) is 4.11. The monoisotopic (exact) mass is 298 g/mol. The van der Waals surface area contributed by atoms with Crippen molar-refractivity contribution in [2.24, 2.45) is 0 Å². The molecule has 0 bridgehead atoms. The van der Waals surface area contributed by atoms with E-state index >= 15 is 0 Å². The Balaban J connectivity index is 0.00000191. The Kier molecular flexibility index (Phi) is 14.0. The quantitative estimate of drug-likeness (QED) is 0.592. The number of amides is 1. The molecule has 3 nitrogen and oxygen atoms in total. The lowest BCUT2D eigenvalue weighted by Crippen LogP contribution is -2.48. The maximum Gasteiger partial charge on any atom is 0.222 e. The number of nitrogens with zero attached hydrogens (tertiary/aromatic N) is 2. The van der Waals surface area contributed by atoms with Crippen molar-refractivity contribution in [2.75, 3.05) is 32.7 Å². The fourth-order valence-corrected chi connectivity index (χ4v) is 2.74. The molecule has 0 aliphatic carbocycles. The highest BCUT2D eigenvalue weighted by Crippen LogP contribution is 2.09. The van der Waals surface area contributed by atoms with Crippen molar-refractivity contribution in [1.82, 2.24) is 9.80 Å². The van der Waals surface area contributed by atoms with E-state index in [9.17, 15) is 4.79 Å². The third-order valence-electron chi connectivity index (χ3n) is 4.11. The number of carbonyl (C=O) groups excluding carboxylic acids is 1. The summed E-state index contributed by atoms with van der Waals surface area (Å²) in [6.07, 6.45) is 10.3. The molecule has 0 aromatic carbocycles. The Bertz CT molecular complexity index is 235. The number of rotatable bonds is 9. The van der Waals surface area contributed by atoms with Crippen molar-refractivity contribution in [3.05, 3.63) is 0 Å². The van der Waals surface area contributed by atoms with Crippen LogP contribution < -0.4 is 0 Å². The smallest absolute Gasteiger partial charge is 0.222 e. The molecule has 0 N–H and O–H groups in total. The van der Waals surface area contributed by atoms with Gasteiger partial charge in [0.2, 0.25) is 5.91 Å². The van der Waals surface area contributed by atoms with E-state index in [1.54, 1.807) is 0 Å². The molecule has 1 saturated heterocycles. The summed E-state index contributed by atoms with van der Waals surface area (Å²) in [6, 6.07) is 0. The zero-order valence-electron chi connectivity index (χ0n) is 15.0. The lowest BCUT2D eigenvalue weighted by Gasteiger charge is -2.34. The lowest BCUT2D eigenvalue weighted by molar-refractivity contribution is -0.132. The van der Waals surface area contributed by atoms with E-state index in [0.29, 0.717) is 12.3 Å². The van der Waals surface area contributed by atoms with Crippen molar-refractivity contribution in [3.8, 4) is 0 Å². The molecule has 0 atom stereocenters. The van der Waals surface area contributed by atoms with E-state index in [2.05, 4.69) is 11.8 Å². The van der Waals surface area contributed by atoms with Crippen molar-refractivity contribution < 1.29 is 4.79 Å². The highest BCUT2D eigenvalue weighted by molar-refractivity contribution is 5.75. The van der Waals surface area contributed by atoms with Gasteiger partial charge in [-0.15, -0.1) is 0 Å². The van der Waals surface area contributed by atoms with E-state index in [1.807, 2.05) is 25.7 Å². The fraction of sp³-hybridized carbons (Fsp3) is 0.944. The van der Waals surface area contributed by atoms with Crippen LogP contribution >= 0.6 is 0 Å². The summed E-state index contributed by atoms with van der Waals surface area (Å²) >= 11 is 0. The van der Waals surface area contributed by atoms with Crippen LogP contribution in [0.3, 0.4) is 0 Å². The average Bonchev–Trinajstić information content (AvgIpc) is 2.55. The molecular weight excluding hydrogens is 260 g/mol. The fourth-order valence-electron chi connectivity index (χ4n) is 2.74. The van der Waals surface area contributed by atoms with E-state index in [4.69, 9.17) is 0 Å². The van der Waals surface area contributed by atoms with Crippen LogP contribution in [0.1, 0.15) is 79.1 Å². The Labute approximate surface area is 133 Å². The summed E-state index contributed by atoms with van der Waals surface area (Å²) in [5, 5.41) is 0. The predicted molar refractivity (Wildman–Crippen MR) is 92.7 cm³/mol. The summed E-state index contributed by atoms with van der Waals surface area (Å²) in [4.78, 5) is 16.1. The van der Waals surface area contributed by atoms with Crippen LogP contribution in [0.2, 0.25) is 0 Å². The van der Waals surface area contributed by atoms with Crippen molar-refractivity contribution in [3.63, 3.8) is 0 Å². The molecule has 0 aromatic rings. The van der Waals surface area contributed by atoms with Gasteiger partial charge in [0.15, 0.2) is 0 Å². The van der Waals surface area contributed by atoms with Crippen molar-refractivity contribution in [2.45, 2.75) is 79.1 Å². The summed E-state index contributed by atoms with van der Waals surface area (Å²) in [5.74, 6) is 0.315. The maximum atomic E-state index is 11.6. The van der Waals surface area contributed by atoms with E-state index in [1.165, 1.54) is 51.5 Å². The van der Waals surface area contributed by atoms with Gasteiger partial charge in [0.1, 0.15) is 0 Å². The van der Waals surface area contributed by atoms with Gasteiger partial charge in [0.25, 0.3) is 0 Å². The zero-order valence-corrected chi connectivity index (χ0v) is 15.0. The molecule has 0 aromatic heterocycles. The maximum absolute atomic E-state index is 11.6. The van der Waals surface area contributed by atoms with Gasteiger partial charge >= 0.3 is 0 Å². The summed E-state index contributed by atoms with van der Waals surface area (Å²) < 4.78 is 0. The molecule has 1 heterocycles. The first kappa shape index (κ1) is 20.4. The van der Waals surface area contributed by atoms with Crippen LogP contribution in [0.4, 0.5) is 0 Å². The minimum atomic E-state index is 0.315. The zero-order chi connectivity index (χ0) is 15.9. The van der Waals surface area contributed by atoms with Gasteiger partial charge in [-0.05, 0) is 13.0 Å². The van der Waals surface area contributed by atoms with Gasteiger partial charge in [-0.25, -0.2) is 0 Å². The van der Waals surface area contributed by atoms with Crippen LogP contribution in [-0.4, -0.2) is 48.4 Å². The van der Waals surface area contributed by atoms with Gasteiger partial charge in [-0.2, -0.15) is 0 Å². The van der Waals surface area contributed by atoms with Crippen LogP contribution in [0, 0.1) is 0 Å². The highest BCUT2D eigenvalue weighted by atomic mass is 16.2. The Morgan fingerprint density at radius 2 is 1.33 bits per heavy atom. The third kappa shape index (κ3) is 9.89. The van der Waals surface area contributed by atoms with Crippen molar-refractivity contribution >= 4 is 5.91 Å². The molecule has 1 aliphatic rings. The number of unbranched alkanes of at least 4 members (excludes halogenated alkanes) is 6. The number of hydrogen-bond donors (Lipinski definition) is 0. The van der Waals surface area contributed by atoms with Crippen LogP contribution in [-0.2, 0) is 4.79 Å². The first-order chi connectivity index (χ1) is 10.3.